The topological polar surface area (TPSA) is 240 Å². The molecule has 0 aliphatic heterocycles. The number of carbonyl (C=O) groups is 5. The molecule has 0 spiro atoms. The molecule has 3 amide bonds. The van der Waals surface area contributed by atoms with Gasteiger partial charge in [0.1, 0.15) is 18.1 Å². The second-order valence-electron chi connectivity index (χ2n) is 7.46. The van der Waals surface area contributed by atoms with Crippen molar-refractivity contribution in [2.45, 2.75) is 76.0 Å². The van der Waals surface area contributed by atoms with Crippen LogP contribution in [0.25, 0.3) is 0 Å². The Morgan fingerprint density at radius 2 is 1.19 bits per heavy atom. The minimum atomic E-state index is -1.35. The third-order valence-corrected chi connectivity index (χ3v) is 4.62. The van der Waals surface area contributed by atoms with E-state index >= 15 is 0 Å². The number of carboxylic acid groups (broad SMARTS) is 2. The highest BCUT2D eigenvalue weighted by Crippen LogP contribution is 2.06. The standard InChI is InChI=1S/C19H36N6O7/c1-11(19(31)32)23-17(29)13(6-2-4-8-20)25-18(30)14(7-3-5-9-21)24-16(28)12(22)10-15(26)27/h11-14H,2-10,20-22H2,1H3,(H,23,29)(H,24,28)(H,25,30)(H,26,27)(H,31,32). The highest BCUT2D eigenvalue weighted by Gasteiger charge is 2.29. The number of aliphatic carboxylic acids is 2. The van der Waals surface area contributed by atoms with Gasteiger partial charge in [0.25, 0.3) is 0 Å². The van der Waals surface area contributed by atoms with Gasteiger partial charge in [-0.2, -0.15) is 0 Å². The SMILES string of the molecule is CC(NC(=O)C(CCCCN)NC(=O)C(CCCCN)NC(=O)C(N)CC(=O)O)C(=O)O. The van der Waals surface area contributed by atoms with Crippen molar-refractivity contribution >= 4 is 29.7 Å². The fourth-order valence-corrected chi connectivity index (χ4v) is 2.73. The Labute approximate surface area is 186 Å². The molecule has 0 aromatic heterocycles. The highest BCUT2D eigenvalue weighted by molar-refractivity contribution is 5.94. The van der Waals surface area contributed by atoms with Crippen molar-refractivity contribution in [3.05, 3.63) is 0 Å². The number of hydrogen-bond acceptors (Lipinski definition) is 8. The first-order valence-corrected chi connectivity index (χ1v) is 10.5. The minimum Gasteiger partial charge on any atom is -0.481 e. The minimum absolute atomic E-state index is 0.192. The summed E-state index contributed by atoms with van der Waals surface area (Å²) in [7, 11) is 0. The molecule has 0 bridgehead atoms. The number of carbonyl (C=O) groups excluding carboxylic acids is 3. The van der Waals surface area contributed by atoms with E-state index in [4.69, 9.17) is 27.4 Å². The molecule has 0 aromatic carbocycles. The predicted molar refractivity (Wildman–Crippen MR) is 115 cm³/mol. The summed E-state index contributed by atoms with van der Waals surface area (Å²) in [6.45, 7) is 2.05. The number of nitrogens with two attached hydrogens (primary N) is 3. The summed E-state index contributed by atoms with van der Waals surface area (Å²) in [4.78, 5) is 59.4. The first-order valence-electron chi connectivity index (χ1n) is 10.5. The average molecular weight is 461 g/mol. The van der Waals surface area contributed by atoms with Crippen LogP contribution in [0.3, 0.4) is 0 Å². The fraction of sp³-hybridized carbons (Fsp3) is 0.737. The first kappa shape index (κ1) is 29.2. The Morgan fingerprint density at radius 1 is 0.750 bits per heavy atom. The number of carboxylic acids is 2. The van der Waals surface area contributed by atoms with Gasteiger partial charge in [0.15, 0.2) is 0 Å². The molecular formula is C19H36N6O7. The lowest BCUT2D eigenvalue weighted by Crippen LogP contribution is -2.57. The van der Waals surface area contributed by atoms with Gasteiger partial charge in [0.2, 0.25) is 17.7 Å². The van der Waals surface area contributed by atoms with Crippen molar-refractivity contribution in [2.24, 2.45) is 17.2 Å². The second-order valence-corrected chi connectivity index (χ2v) is 7.46. The molecule has 13 heteroatoms. The van der Waals surface area contributed by atoms with Crippen LogP contribution in [0.5, 0.6) is 0 Å². The summed E-state index contributed by atoms with van der Waals surface area (Å²) in [6, 6.07) is -4.63. The maximum absolute atomic E-state index is 12.8. The third-order valence-electron chi connectivity index (χ3n) is 4.62. The fourth-order valence-electron chi connectivity index (χ4n) is 2.73. The number of nitrogens with one attached hydrogen (secondary N) is 3. The van der Waals surface area contributed by atoms with E-state index in [-0.39, 0.29) is 12.8 Å². The zero-order valence-corrected chi connectivity index (χ0v) is 18.3. The maximum atomic E-state index is 12.8. The molecular weight excluding hydrogens is 424 g/mol. The Morgan fingerprint density at radius 3 is 1.59 bits per heavy atom. The Kier molecular flexibility index (Phi) is 14.6. The van der Waals surface area contributed by atoms with E-state index in [1.807, 2.05) is 0 Å². The molecule has 0 rings (SSSR count). The van der Waals surface area contributed by atoms with Crippen LogP contribution >= 0.6 is 0 Å². The molecule has 11 N–H and O–H groups in total. The molecule has 0 aliphatic rings. The van der Waals surface area contributed by atoms with Crippen molar-refractivity contribution in [1.29, 1.82) is 0 Å². The molecule has 4 atom stereocenters. The summed E-state index contributed by atoms with van der Waals surface area (Å²) in [5, 5.41) is 25.1. The van der Waals surface area contributed by atoms with Crippen LogP contribution in [0.2, 0.25) is 0 Å². The van der Waals surface area contributed by atoms with Gasteiger partial charge in [-0.05, 0) is 58.5 Å². The van der Waals surface area contributed by atoms with Gasteiger partial charge in [-0.3, -0.25) is 24.0 Å². The molecule has 0 heterocycles. The van der Waals surface area contributed by atoms with E-state index in [0.29, 0.717) is 38.8 Å². The third kappa shape index (κ3) is 12.2. The van der Waals surface area contributed by atoms with Gasteiger partial charge in [-0.1, -0.05) is 0 Å². The van der Waals surface area contributed by atoms with E-state index in [0.717, 1.165) is 0 Å². The Bertz CT molecular complexity index is 646. The van der Waals surface area contributed by atoms with Gasteiger partial charge in [0, 0.05) is 0 Å². The number of hydrogen-bond donors (Lipinski definition) is 8. The Hall–Kier alpha value is -2.77. The quantitative estimate of drug-likeness (QED) is 0.107. The Balaban J connectivity index is 5.35. The maximum Gasteiger partial charge on any atom is 0.325 e. The van der Waals surface area contributed by atoms with Crippen LogP contribution in [0.4, 0.5) is 0 Å². The van der Waals surface area contributed by atoms with Crippen LogP contribution < -0.4 is 33.2 Å². The largest absolute Gasteiger partial charge is 0.481 e. The zero-order chi connectivity index (χ0) is 24.7. The lowest BCUT2D eigenvalue weighted by molar-refractivity contribution is -0.141. The van der Waals surface area contributed by atoms with E-state index in [9.17, 15) is 24.0 Å². The van der Waals surface area contributed by atoms with Crippen LogP contribution in [0, 0.1) is 0 Å². The molecule has 0 saturated heterocycles. The molecule has 0 aromatic rings. The lowest BCUT2D eigenvalue weighted by atomic mass is 10.0. The number of rotatable bonds is 17. The van der Waals surface area contributed by atoms with E-state index in [1.54, 1.807) is 0 Å². The lowest BCUT2D eigenvalue weighted by Gasteiger charge is -2.24. The smallest absolute Gasteiger partial charge is 0.325 e. The second kappa shape index (κ2) is 15.9. The van der Waals surface area contributed by atoms with Gasteiger partial charge in [-0.15, -0.1) is 0 Å². The predicted octanol–water partition coefficient (Wildman–Crippen LogP) is -2.39. The van der Waals surface area contributed by atoms with Crippen molar-refractivity contribution in [2.75, 3.05) is 13.1 Å². The highest BCUT2D eigenvalue weighted by atomic mass is 16.4. The van der Waals surface area contributed by atoms with Crippen molar-refractivity contribution < 1.29 is 34.2 Å². The van der Waals surface area contributed by atoms with Crippen molar-refractivity contribution in [1.82, 2.24) is 16.0 Å². The van der Waals surface area contributed by atoms with E-state index in [2.05, 4.69) is 16.0 Å². The summed E-state index contributed by atoms with van der Waals surface area (Å²) in [5.41, 5.74) is 16.5. The van der Waals surface area contributed by atoms with Crippen molar-refractivity contribution in [3.63, 3.8) is 0 Å². The van der Waals surface area contributed by atoms with E-state index < -0.39 is 60.2 Å². The molecule has 0 saturated carbocycles. The zero-order valence-electron chi connectivity index (χ0n) is 18.3. The molecule has 0 fully saturated rings. The molecule has 4 unspecified atom stereocenters. The molecule has 0 radical (unpaired) electrons. The van der Waals surface area contributed by atoms with Gasteiger partial charge >= 0.3 is 11.9 Å². The average Bonchev–Trinajstić information content (AvgIpc) is 2.71. The molecule has 32 heavy (non-hydrogen) atoms. The number of amides is 3. The van der Waals surface area contributed by atoms with E-state index in [1.165, 1.54) is 6.92 Å². The van der Waals surface area contributed by atoms with Gasteiger partial charge < -0.3 is 43.4 Å². The summed E-state index contributed by atoms with van der Waals surface area (Å²) < 4.78 is 0. The molecule has 184 valence electrons. The van der Waals surface area contributed by atoms with Gasteiger partial charge in [0.05, 0.1) is 12.5 Å². The monoisotopic (exact) mass is 460 g/mol. The van der Waals surface area contributed by atoms with Crippen molar-refractivity contribution in [3.8, 4) is 0 Å². The summed E-state index contributed by atoms with van der Waals surface area (Å²) >= 11 is 0. The molecule has 13 nitrogen and oxygen atoms in total. The van der Waals surface area contributed by atoms with Crippen LogP contribution in [-0.4, -0.2) is 77.1 Å². The van der Waals surface area contributed by atoms with Crippen LogP contribution in [0.1, 0.15) is 51.9 Å². The van der Waals surface area contributed by atoms with Gasteiger partial charge in [-0.25, -0.2) is 0 Å². The first-order chi connectivity index (χ1) is 15.0. The normalized spacial score (nSPS) is 14.5. The summed E-state index contributed by atoms with van der Waals surface area (Å²) in [6.07, 6.45) is 1.96. The van der Waals surface area contributed by atoms with Crippen LogP contribution in [-0.2, 0) is 24.0 Å². The number of unbranched alkanes of at least 4 members (excludes halogenated alkanes) is 2. The molecule has 0 aliphatic carbocycles. The summed E-state index contributed by atoms with van der Waals surface area (Å²) in [5.74, 6) is -4.66. The van der Waals surface area contributed by atoms with Crippen LogP contribution in [0.15, 0.2) is 0 Å².